The van der Waals surface area contributed by atoms with Gasteiger partial charge in [-0.25, -0.2) is 4.98 Å². The quantitative estimate of drug-likeness (QED) is 0.868. The molecule has 2 aromatic heterocycles. The van der Waals surface area contributed by atoms with E-state index in [2.05, 4.69) is 17.0 Å². The fourth-order valence-corrected chi connectivity index (χ4v) is 3.52. The molecule has 1 aliphatic rings. The van der Waals surface area contributed by atoms with Crippen molar-refractivity contribution in [2.45, 2.75) is 40.0 Å². The number of carbonyl (C=O) groups excluding carboxylic acids is 1. The van der Waals surface area contributed by atoms with Crippen molar-refractivity contribution < 1.29 is 4.79 Å². The molecule has 0 aliphatic carbocycles. The van der Waals surface area contributed by atoms with E-state index in [4.69, 9.17) is 4.98 Å². The zero-order valence-electron chi connectivity index (χ0n) is 14.9. The van der Waals surface area contributed by atoms with Crippen LogP contribution in [0.15, 0.2) is 12.4 Å². The summed E-state index contributed by atoms with van der Waals surface area (Å²) in [5.41, 5.74) is 5.09. The molecule has 2 aromatic rings. The molecule has 1 amide bonds. The molecule has 6 nitrogen and oxygen atoms in total. The summed E-state index contributed by atoms with van der Waals surface area (Å²) in [6, 6.07) is 0. The van der Waals surface area contributed by atoms with E-state index in [0.717, 1.165) is 60.7 Å². The largest absolute Gasteiger partial charge is 0.343 e. The third kappa shape index (κ3) is 3.32. The van der Waals surface area contributed by atoms with Gasteiger partial charge in [-0.15, -0.1) is 0 Å². The van der Waals surface area contributed by atoms with Gasteiger partial charge in [-0.05, 0) is 39.0 Å². The van der Waals surface area contributed by atoms with Crippen molar-refractivity contribution in [1.82, 2.24) is 24.6 Å². The van der Waals surface area contributed by atoms with Crippen molar-refractivity contribution in [3.8, 4) is 11.3 Å². The molecule has 0 saturated carbocycles. The van der Waals surface area contributed by atoms with Crippen LogP contribution >= 0.6 is 0 Å². The van der Waals surface area contributed by atoms with E-state index in [1.54, 1.807) is 6.92 Å². The molecule has 3 rings (SSSR count). The number of likely N-dealkylation sites (tertiary alicyclic amines) is 1. The van der Waals surface area contributed by atoms with E-state index in [1.807, 2.05) is 35.9 Å². The number of carbonyl (C=O) groups is 1. The van der Waals surface area contributed by atoms with Gasteiger partial charge in [0.2, 0.25) is 5.91 Å². The number of hydrogen-bond donors (Lipinski definition) is 0. The molecule has 24 heavy (non-hydrogen) atoms. The minimum atomic E-state index is 0.178. The van der Waals surface area contributed by atoms with Crippen molar-refractivity contribution in [2.24, 2.45) is 13.0 Å². The van der Waals surface area contributed by atoms with Crippen LogP contribution in [-0.4, -0.2) is 43.6 Å². The molecule has 3 heterocycles. The smallest absolute Gasteiger partial charge is 0.219 e. The number of aromatic nitrogens is 4. The van der Waals surface area contributed by atoms with Crippen LogP contribution in [0.4, 0.5) is 0 Å². The van der Waals surface area contributed by atoms with Gasteiger partial charge in [0.25, 0.3) is 0 Å². The predicted molar refractivity (Wildman–Crippen MR) is 92.4 cm³/mol. The van der Waals surface area contributed by atoms with E-state index in [1.165, 1.54) is 0 Å². The third-order valence-corrected chi connectivity index (χ3v) is 5.01. The first-order chi connectivity index (χ1) is 11.5. The van der Waals surface area contributed by atoms with Crippen LogP contribution < -0.4 is 0 Å². The Hall–Kier alpha value is -2.24. The Kier molecular flexibility index (Phi) is 4.64. The number of piperidine rings is 1. The molecule has 0 unspecified atom stereocenters. The van der Waals surface area contributed by atoms with Crippen molar-refractivity contribution >= 4 is 5.91 Å². The average molecular weight is 327 g/mol. The molecule has 1 fully saturated rings. The molecule has 0 atom stereocenters. The van der Waals surface area contributed by atoms with Crippen LogP contribution in [0.2, 0.25) is 0 Å². The van der Waals surface area contributed by atoms with Crippen LogP contribution in [-0.2, 0) is 18.3 Å². The third-order valence-electron chi connectivity index (χ3n) is 5.01. The minimum Gasteiger partial charge on any atom is -0.343 e. The summed E-state index contributed by atoms with van der Waals surface area (Å²) in [6.45, 7) is 7.42. The highest BCUT2D eigenvalue weighted by Gasteiger charge is 2.22. The van der Waals surface area contributed by atoms with Gasteiger partial charge in [0, 0.05) is 44.5 Å². The summed E-state index contributed by atoms with van der Waals surface area (Å²) in [6.07, 6.45) is 6.68. The molecule has 128 valence electrons. The van der Waals surface area contributed by atoms with Crippen LogP contribution in [0.1, 0.15) is 36.8 Å². The van der Waals surface area contributed by atoms with Crippen LogP contribution in [0.3, 0.4) is 0 Å². The summed E-state index contributed by atoms with van der Waals surface area (Å²) < 4.78 is 1.89. The zero-order valence-corrected chi connectivity index (χ0v) is 14.9. The normalized spacial score (nSPS) is 15.8. The van der Waals surface area contributed by atoms with E-state index in [9.17, 15) is 4.79 Å². The molecule has 0 radical (unpaired) electrons. The Morgan fingerprint density at radius 2 is 1.96 bits per heavy atom. The first kappa shape index (κ1) is 16.6. The van der Waals surface area contributed by atoms with E-state index in [-0.39, 0.29) is 5.91 Å². The fraction of sp³-hybridized carbons (Fsp3) is 0.556. The Labute approximate surface area is 142 Å². The predicted octanol–water partition coefficient (Wildman–Crippen LogP) is 2.29. The van der Waals surface area contributed by atoms with E-state index in [0.29, 0.717) is 5.92 Å². The van der Waals surface area contributed by atoms with Gasteiger partial charge in [-0.2, -0.15) is 5.10 Å². The van der Waals surface area contributed by atoms with Crippen LogP contribution in [0.5, 0.6) is 0 Å². The number of aryl methyl sites for hydroxylation is 2. The topological polar surface area (TPSA) is 63.9 Å². The Morgan fingerprint density at radius 1 is 1.25 bits per heavy atom. The van der Waals surface area contributed by atoms with Crippen molar-refractivity contribution in [3.63, 3.8) is 0 Å². The molecular formula is C18H25N5O. The molecular weight excluding hydrogens is 302 g/mol. The van der Waals surface area contributed by atoms with Gasteiger partial charge in [0.1, 0.15) is 0 Å². The molecule has 6 heteroatoms. The van der Waals surface area contributed by atoms with Gasteiger partial charge < -0.3 is 4.90 Å². The molecule has 1 saturated heterocycles. The molecule has 1 aliphatic heterocycles. The standard InChI is InChI=1S/C18H25N5O/c1-12-18(13(2)22(4)21-12)17-11-19-10-16(20-17)9-15-5-7-23(8-6-15)14(3)24/h10-11,15H,5-9H2,1-4H3. The van der Waals surface area contributed by atoms with E-state index >= 15 is 0 Å². The van der Waals surface area contributed by atoms with E-state index < -0.39 is 0 Å². The van der Waals surface area contributed by atoms with Crippen molar-refractivity contribution in [1.29, 1.82) is 0 Å². The monoisotopic (exact) mass is 327 g/mol. The average Bonchev–Trinajstić information content (AvgIpc) is 2.81. The van der Waals surface area contributed by atoms with Crippen LogP contribution in [0.25, 0.3) is 11.3 Å². The zero-order chi connectivity index (χ0) is 17.3. The van der Waals surface area contributed by atoms with Crippen molar-refractivity contribution in [2.75, 3.05) is 13.1 Å². The van der Waals surface area contributed by atoms with Crippen molar-refractivity contribution in [3.05, 3.63) is 29.5 Å². The lowest BCUT2D eigenvalue weighted by Crippen LogP contribution is -2.37. The molecule has 0 aromatic carbocycles. The molecule has 0 bridgehead atoms. The number of hydrogen-bond acceptors (Lipinski definition) is 4. The maximum atomic E-state index is 11.4. The fourth-order valence-electron chi connectivity index (χ4n) is 3.52. The minimum absolute atomic E-state index is 0.178. The van der Waals surface area contributed by atoms with Gasteiger partial charge in [-0.3, -0.25) is 14.5 Å². The second-order valence-corrected chi connectivity index (χ2v) is 6.72. The summed E-state index contributed by atoms with van der Waals surface area (Å²) in [5, 5.41) is 4.47. The maximum absolute atomic E-state index is 11.4. The first-order valence-corrected chi connectivity index (χ1v) is 8.52. The van der Waals surface area contributed by atoms with Crippen LogP contribution in [0, 0.1) is 19.8 Å². The van der Waals surface area contributed by atoms with Gasteiger partial charge in [0.15, 0.2) is 0 Å². The lowest BCUT2D eigenvalue weighted by Gasteiger charge is -2.31. The second kappa shape index (κ2) is 6.71. The Bertz CT molecular complexity index is 744. The number of rotatable bonds is 3. The summed E-state index contributed by atoms with van der Waals surface area (Å²) in [5.74, 6) is 0.749. The number of amides is 1. The molecule has 0 spiro atoms. The van der Waals surface area contributed by atoms with Gasteiger partial charge in [0.05, 0.1) is 23.3 Å². The lowest BCUT2D eigenvalue weighted by atomic mass is 9.92. The van der Waals surface area contributed by atoms with Gasteiger partial charge >= 0.3 is 0 Å². The summed E-state index contributed by atoms with van der Waals surface area (Å²) in [4.78, 5) is 22.6. The maximum Gasteiger partial charge on any atom is 0.219 e. The Morgan fingerprint density at radius 3 is 2.54 bits per heavy atom. The highest BCUT2D eigenvalue weighted by Crippen LogP contribution is 2.26. The summed E-state index contributed by atoms with van der Waals surface area (Å²) in [7, 11) is 1.95. The highest BCUT2D eigenvalue weighted by atomic mass is 16.2. The number of nitrogens with zero attached hydrogens (tertiary/aromatic N) is 5. The van der Waals surface area contributed by atoms with Gasteiger partial charge in [-0.1, -0.05) is 0 Å². The Balaban J connectivity index is 1.74. The summed E-state index contributed by atoms with van der Waals surface area (Å²) >= 11 is 0. The lowest BCUT2D eigenvalue weighted by molar-refractivity contribution is -0.130. The SMILES string of the molecule is CC(=O)N1CCC(Cc2cncc(-c3c(C)nn(C)c3C)n2)CC1. The first-order valence-electron chi connectivity index (χ1n) is 8.52. The molecule has 0 N–H and O–H groups in total. The highest BCUT2D eigenvalue weighted by molar-refractivity contribution is 5.73. The second-order valence-electron chi connectivity index (χ2n) is 6.72.